The Morgan fingerprint density at radius 2 is 1.31 bits per heavy atom. The summed E-state index contributed by atoms with van der Waals surface area (Å²) in [6.45, 7) is 5.83. The van der Waals surface area contributed by atoms with E-state index >= 15 is 0 Å². The van der Waals surface area contributed by atoms with E-state index < -0.39 is 42.5 Å². The fraction of sp³-hybridized carbons (Fsp3) is 0.344. The average molecular weight is 576 g/mol. The Hall–Kier alpha value is -3.61. The number of rotatable bonds is 12. The standard InChI is InChI=1S/C32H41N5O5/c1-32(2,3)28(31(42)35-25-12-15-34-16-13-25)36-30(41)26(18-27(38)39)37-17-14-24(19-37)22-6-4-20(5-7-22)21-8-10-23(11-9-21)29(33)40/h4-17,19,26-31,36,38-42H,18,33H2,1-3H3,(H,34,35)/t26-,28-,29?,30?,31?/m1/s1. The fourth-order valence-corrected chi connectivity index (χ4v) is 4.96. The van der Waals surface area contributed by atoms with Crippen LogP contribution in [0.4, 0.5) is 5.69 Å². The first-order valence-corrected chi connectivity index (χ1v) is 13.9. The summed E-state index contributed by atoms with van der Waals surface area (Å²) < 4.78 is 1.75. The Labute approximate surface area is 246 Å². The van der Waals surface area contributed by atoms with Gasteiger partial charge in [-0.2, -0.15) is 0 Å². The molecule has 2 heterocycles. The molecule has 0 amide bonds. The van der Waals surface area contributed by atoms with Crippen LogP contribution in [-0.2, 0) is 0 Å². The first-order chi connectivity index (χ1) is 19.9. The van der Waals surface area contributed by atoms with Crippen molar-refractivity contribution in [2.75, 3.05) is 5.32 Å². The van der Waals surface area contributed by atoms with Gasteiger partial charge in [0.15, 0.2) is 6.29 Å². The van der Waals surface area contributed by atoms with Gasteiger partial charge in [-0.1, -0.05) is 69.3 Å². The van der Waals surface area contributed by atoms with Crippen molar-refractivity contribution in [3.63, 3.8) is 0 Å². The van der Waals surface area contributed by atoms with Crippen LogP contribution in [-0.4, -0.2) is 59.9 Å². The largest absolute Gasteiger partial charge is 0.376 e. The van der Waals surface area contributed by atoms with Crippen LogP contribution in [0.3, 0.4) is 0 Å². The lowest BCUT2D eigenvalue weighted by Gasteiger charge is -2.39. The summed E-state index contributed by atoms with van der Waals surface area (Å²) in [6.07, 6.45) is 1.78. The van der Waals surface area contributed by atoms with Crippen molar-refractivity contribution >= 4 is 5.69 Å². The number of anilines is 1. The number of hydrogen-bond donors (Lipinski definition) is 8. The zero-order chi connectivity index (χ0) is 30.4. The van der Waals surface area contributed by atoms with Gasteiger partial charge in [0.05, 0.1) is 12.1 Å². The summed E-state index contributed by atoms with van der Waals surface area (Å²) in [7, 11) is 0. The molecule has 5 atom stereocenters. The third kappa shape index (κ3) is 8.02. The molecule has 2 aromatic heterocycles. The van der Waals surface area contributed by atoms with Crippen molar-refractivity contribution < 1.29 is 25.5 Å². The summed E-state index contributed by atoms with van der Waals surface area (Å²) in [4.78, 5) is 3.99. The van der Waals surface area contributed by atoms with E-state index in [4.69, 9.17) is 5.73 Å². The monoisotopic (exact) mass is 575 g/mol. The number of nitrogens with zero attached hydrogens (tertiary/aromatic N) is 2. The van der Waals surface area contributed by atoms with E-state index in [2.05, 4.69) is 15.6 Å². The molecule has 4 aromatic rings. The minimum atomic E-state index is -1.66. The van der Waals surface area contributed by atoms with Crippen LogP contribution in [0.5, 0.6) is 0 Å². The third-order valence-electron chi connectivity index (χ3n) is 7.31. The molecule has 4 rings (SSSR count). The average Bonchev–Trinajstić information content (AvgIpc) is 3.44. The number of nitrogens with one attached hydrogen (secondary N) is 2. The van der Waals surface area contributed by atoms with Gasteiger partial charge in [-0.25, -0.2) is 0 Å². The molecular formula is C32H41N5O5. The normalized spacial score (nSPS) is 15.7. The molecule has 0 radical (unpaired) electrons. The molecule has 0 spiro atoms. The Balaban J connectivity index is 1.51. The van der Waals surface area contributed by atoms with Gasteiger partial charge in [0.1, 0.15) is 18.7 Å². The molecule has 9 N–H and O–H groups in total. The van der Waals surface area contributed by atoms with Crippen molar-refractivity contribution in [3.8, 4) is 22.3 Å². The number of aromatic nitrogens is 2. The summed E-state index contributed by atoms with van der Waals surface area (Å²) in [5.74, 6) is 0. The number of aliphatic hydroxyl groups is 5. The SMILES string of the molecule is CC(C)(C)[C@H](NC(O)[C@@H](CC(O)O)n1ccc(-c2ccc(-c3ccc(C(N)O)cc3)cc2)c1)C(O)Nc1ccncc1. The van der Waals surface area contributed by atoms with Gasteiger partial charge < -0.3 is 41.2 Å². The van der Waals surface area contributed by atoms with E-state index in [-0.39, 0.29) is 6.42 Å². The molecule has 224 valence electrons. The first-order valence-electron chi connectivity index (χ1n) is 13.9. The highest BCUT2D eigenvalue weighted by atomic mass is 16.5. The van der Waals surface area contributed by atoms with Gasteiger partial charge in [-0.05, 0) is 51.4 Å². The van der Waals surface area contributed by atoms with Crippen LogP contribution in [0.2, 0.25) is 0 Å². The lowest BCUT2D eigenvalue weighted by atomic mass is 9.85. The molecule has 0 saturated carbocycles. The van der Waals surface area contributed by atoms with Crippen LogP contribution in [0.25, 0.3) is 22.3 Å². The van der Waals surface area contributed by atoms with Crippen LogP contribution in [0.15, 0.2) is 91.5 Å². The summed E-state index contributed by atoms with van der Waals surface area (Å²) in [5.41, 5.74) is 10.2. The maximum Gasteiger partial charge on any atom is 0.153 e. The van der Waals surface area contributed by atoms with Crippen molar-refractivity contribution in [1.29, 1.82) is 0 Å². The Kier molecular flexibility index (Phi) is 10.1. The molecule has 3 unspecified atom stereocenters. The Bertz CT molecular complexity index is 1390. The molecule has 0 bridgehead atoms. The summed E-state index contributed by atoms with van der Waals surface area (Å²) in [5, 5.41) is 57.8. The van der Waals surface area contributed by atoms with Gasteiger partial charge in [0.2, 0.25) is 0 Å². The minimum absolute atomic E-state index is 0.139. The Morgan fingerprint density at radius 1 is 0.762 bits per heavy atom. The second kappa shape index (κ2) is 13.6. The zero-order valence-corrected chi connectivity index (χ0v) is 24.0. The Morgan fingerprint density at radius 3 is 1.83 bits per heavy atom. The number of aliphatic hydroxyl groups excluding tert-OH is 4. The summed E-state index contributed by atoms with van der Waals surface area (Å²) in [6, 6.07) is 19.4. The maximum absolute atomic E-state index is 11.3. The predicted molar refractivity (Wildman–Crippen MR) is 163 cm³/mol. The highest BCUT2D eigenvalue weighted by Crippen LogP contribution is 2.30. The second-order valence-corrected chi connectivity index (χ2v) is 11.6. The molecule has 10 nitrogen and oxygen atoms in total. The minimum Gasteiger partial charge on any atom is -0.376 e. The van der Waals surface area contributed by atoms with Gasteiger partial charge >= 0.3 is 0 Å². The highest BCUT2D eigenvalue weighted by Gasteiger charge is 2.35. The number of hydrogen-bond acceptors (Lipinski definition) is 9. The van der Waals surface area contributed by atoms with Crippen LogP contribution in [0, 0.1) is 5.41 Å². The molecule has 0 aliphatic rings. The van der Waals surface area contributed by atoms with Crippen molar-refractivity contribution in [2.24, 2.45) is 11.1 Å². The topological polar surface area (TPSA) is 169 Å². The van der Waals surface area contributed by atoms with Crippen molar-refractivity contribution in [3.05, 3.63) is 97.1 Å². The number of benzene rings is 2. The quantitative estimate of drug-likeness (QED) is 0.118. The zero-order valence-electron chi connectivity index (χ0n) is 24.0. The predicted octanol–water partition coefficient (Wildman–Crippen LogP) is 3.16. The van der Waals surface area contributed by atoms with Gasteiger partial charge in [0.25, 0.3) is 0 Å². The molecule has 0 saturated heterocycles. The lowest BCUT2D eigenvalue weighted by Crippen LogP contribution is -2.57. The van der Waals surface area contributed by atoms with Gasteiger partial charge in [-0.3, -0.25) is 10.3 Å². The van der Waals surface area contributed by atoms with Crippen LogP contribution in [0.1, 0.15) is 45.0 Å². The van der Waals surface area contributed by atoms with Crippen LogP contribution >= 0.6 is 0 Å². The smallest absolute Gasteiger partial charge is 0.153 e. The van der Waals surface area contributed by atoms with Gasteiger partial charge in [-0.15, -0.1) is 0 Å². The second-order valence-electron chi connectivity index (χ2n) is 11.6. The van der Waals surface area contributed by atoms with E-state index in [1.807, 2.05) is 69.4 Å². The van der Waals surface area contributed by atoms with E-state index in [1.54, 1.807) is 47.4 Å². The molecule has 0 aliphatic carbocycles. The van der Waals surface area contributed by atoms with E-state index in [0.29, 0.717) is 11.3 Å². The molecule has 42 heavy (non-hydrogen) atoms. The lowest BCUT2D eigenvalue weighted by molar-refractivity contribution is -0.0752. The first kappa shape index (κ1) is 31.3. The van der Waals surface area contributed by atoms with E-state index in [1.165, 1.54) is 0 Å². The molecule has 0 aliphatic heterocycles. The van der Waals surface area contributed by atoms with E-state index in [9.17, 15) is 25.5 Å². The summed E-state index contributed by atoms with van der Waals surface area (Å²) >= 11 is 0. The molecule has 0 fully saturated rings. The number of nitrogens with two attached hydrogens (primary N) is 1. The highest BCUT2D eigenvalue weighted by molar-refractivity contribution is 5.70. The van der Waals surface area contributed by atoms with Crippen molar-refractivity contribution in [2.45, 2.75) is 64.2 Å². The molecule has 2 aromatic carbocycles. The fourth-order valence-electron chi connectivity index (χ4n) is 4.96. The molecule has 10 heteroatoms. The maximum atomic E-state index is 11.3. The van der Waals surface area contributed by atoms with E-state index in [0.717, 1.165) is 22.3 Å². The van der Waals surface area contributed by atoms with Crippen molar-refractivity contribution in [1.82, 2.24) is 14.9 Å². The number of pyridine rings is 1. The molecular weight excluding hydrogens is 534 g/mol. The third-order valence-corrected chi connectivity index (χ3v) is 7.31. The van der Waals surface area contributed by atoms with Gasteiger partial charge in [0, 0.05) is 36.9 Å². The van der Waals surface area contributed by atoms with Crippen LogP contribution < -0.4 is 16.4 Å².